The molecule has 0 bridgehead atoms. The molecule has 86 valence electrons. The number of fused-ring (bicyclic) bond motifs is 1. The number of amides is 2. The van der Waals surface area contributed by atoms with Gasteiger partial charge in [0, 0.05) is 23.3 Å². The summed E-state index contributed by atoms with van der Waals surface area (Å²) in [6.45, 7) is 0. The average Bonchev–Trinajstić information content (AvgIpc) is 2.73. The van der Waals surface area contributed by atoms with Crippen molar-refractivity contribution in [2.45, 2.75) is 12.5 Å². The molecule has 2 aromatic rings. The van der Waals surface area contributed by atoms with Crippen LogP contribution in [-0.4, -0.2) is 23.3 Å². The monoisotopic (exact) mass is 228 g/mol. The first-order chi connectivity index (χ1) is 8.33. The molecule has 0 fully saturated rings. The van der Waals surface area contributed by atoms with Crippen LogP contribution >= 0.6 is 0 Å². The summed E-state index contributed by atoms with van der Waals surface area (Å²) in [5.74, 6) is 0. The number of benzene rings is 1. The number of hydrogen-bond acceptors (Lipinski definition) is 2. The summed E-state index contributed by atoms with van der Waals surface area (Å²) in [6.07, 6.45) is 4.43. The van der Waals surface area contributed by atoms with E-state index in [1.54, 1.807) is 6.21 Å². The lowest BCUT2D eigenvalue weighted by Gasteiger charge is -2.17. The molecule has 1 aromatic carbocycles. The predicted molar refractivity (Wildman–Crippen MR) is 66.0 cm³/mol. The summed E-state index contributed by atoms with van der Waals surface area (Å²) >= 11 is 0. The number of hydrogen-bond donors (Lipinski definition) is 3. The van der Waals surface area contributed by atoms with Crippen molar-refractivity contribution >= 4 is 23.1 Å². The highest BCUT2D eigenvalue weighted by atomic mass is 16.2. The Hall–Kier alpha value is -2.30. The van der Waals surface area contributed by atoms with Crippen molar-refractivity contribution in [3.63, 3.8) is 0 Å². The van der Waals surface area contributed by atoms with Crippen molar-refractivity contribution in [2.24, 2.45) is 5.10 Å². The Morgan fingerprint density at radius 1 is 1.29 bits per heavy atom. The van der Waals surface area contributed by atoms with Gasteiger partial charge in [0.05, 0.1) is 6.04 Å². The number of H-pyrrole nitrogens is 1. The van der Waals surface area contributed by atoms with Gasteiger partial charge in [-0.25, -0.2) is 10.2 Å². The van der Waals surface area contributed by atoms with Crippen LogP contribution in [0.15, 0.2) is 35.6 Å². The molecule has 5 nitrogen and oxygen atoms in total. The van der Waals surface area contributed by atoms with E-state index in [0.29, 0.717) is 0 Å². The number of aromatic amines is 1. The van der Waals surface area contributed by atoms with Gasteiger partial charge in [-0.15, -0.1) is 0 Å². The van der Waals surface area contributed by atoms with Gasteiger partial charge in [-0.3, -0.25) is 0 Å². The van der Waals surface area contributed by atoms with E-state index in [9.17, 15) is 4.79 Å². The predicted octanol–water partition coefficient (Wildman–Crippen LogP) is 1.38. The van der Waals surface area contributed by atoms with E-state index in [1.807, 2.05) is 24.4 Å². The van der Waals surface area contributed by atoms with Crippen LogP contribution in [0.3, 0.4) is 0 Å². The Bertz CT molecular complexity index is 587. The molecule has 3 rings (SSSR count). The van der Waals surface area contributed by atoms with Crippen LogP contribution in [0.25, 0.3) is 10.9 Å². The standard InChI is InChI=1S/C12H12N4O/c17-12-15-9(7-14-16-12)5-8-6-13-11-4-2-1-3-10(8)11/h1-4,6-7,9,13H,5H2,(H2,15,16,17). The van der Waals surface area contributed by atoms with E-state index in [4.69, 9.17) is 0 Å². The zero-order valence-electron chi connectivity index (χ0n) is 9.10. The van der Waals surface area contributed by atoms with Crippen LogP contribution in [0.4, 0.5) is 4.79 Å². The second-order valence-corrected chi connectivity index (χ2v) is 4.03. The van der Waals surface area contributed by atoms with Crippen LogP contribution in [-0.2, 0) is 6.42 Å². The minimum atomic E-state index is -0.252. The number of hydrazone groups is 1. The number of aromatic nitrogens is 1. The average molecular weight is 228 g/mol. The first kappa shape index (κ1) is 9.89. The number of carbonyl (C=O) groups is 1. The smallest absolute Gasteiger partial charge is 0.335 e. The van der Waals surface area contributed by atoms with E-state index >= 15 is 0 Å². The van der Waals surface area contributed by atoms with Crippen LogP contribution in [0.1, 0.15) is 5.56 Å². The third-order valence-corrected chi connectivity index (χ3v) is 2.85. The Balaban J connectivity index is 1.87. The molecule has 0 saturated heterocycles. The third kappa shape index (κ3) is 1.87. The van der Waals surface area contributed by atoms with Crippen molar-refractivity contribution in [3.8, 4) is 0 Å². The lowest BCUT2D eigenvalue weighted by molar-refractivity contribution is 0.238. The van der Waals surface area contributed by atoms with Crippen molar-refractivity contribution in [1.29, 1.82) is 0 Å². The molecule has 1 atom stereocenters. The zero-order valence-corrected chi connectivity index (χ0v) is 9.10. The summed E-state index contributed by atoms with van der Waals surface area (Å²) in [6, 6.07) is 7.81. The molecule has 5 heteroatoms. The molecular formula is C12H12N4O. The van der Waals surface area contributed by atoms with Gasteiger partial charge < -0.3 is 10.3 Å². The highest BCUT2D eigenvalue weighted by Gasteiger charge is 2.15. The minimum Gasteiger partial charge on any atom is -0.361 e. The summed E-state index contributed by atoms with van der Waals surface area (Å²) in [7, 11) is 0. The maximum atomic E-state index is 11.1. The maximum Gasteiger partial charge on any atom is 0.335 e. The van der Waals surface area contributed by atoms with E-state index < -0.39 is 0 Å². The second-order valence-electron chi connectivity index (χ2n) is 4.03. The zero-order chi connectivity index (χ0) is 11.7. The fourth-order valence-corrected chi connectivity index (χ4v) is 2.06. The topological polar surface area (TPSA) is 69.3 Å². The molecule has 0 radical (unpaired) electrons. The number of carbonyl (C=O) groups excluding carboxylic acids is 1. The normalized spacial score (nSPS) is 19.1. The highest BCUT2D eigenvalue weighted by molar-refractivity contribution is 5.86. The van der Waals surface area contributed by atoms with Gasteiger partial charge in [-0.2, -0.15) is 5.10 Å². The molecule has 0 spiro atoms. The minimum absolute atomic E-state index is 0.0528. The van der Waals surface area contributed by atoms with Crippen molar-refractivity contribution in [2.75, 3.05) is 0 Å². The molecule has 2 heterocycles. The molecule has 17 heavy (non-hydrogen) atoms. The van der Waals surface area contributed by atoms with E-state index in [-0.39, 0.29) is 12.1 Å². The molecule has 1 aliphatic rings. The van der Waals surface area contributed by atoms with Gasteiger partial charge >= 0.3 is 6.03 Å². The van der Waals surface area contributed by atoms with Gasteiger partial charge in [-0.1, -0.05) is 18.2 Å². The molecule has 1 unspecified atom stereocenters. The van der Waals surface area contributed by atoms with Crippen molar-refractivity contribution < 1.29 is 4.79 Å². The second kappa shape index (κ2) is 3.93. The fraction of sp³-hybridized carbons (Fsp3) is 0.167. The molecule has 1 aromatic heterocycles. The van der Waals surface area contributed by atoms with Crippen LogP contribution in [0.2, 0.25) is 0 Å². The van der Waals surface area contributed by atoms with Crippen LogP contribution < -0.4 is 10.7 Å². The largest absolute Gasteiger partial charge is 0.361 e. The maximum absolute atomic E-state index is 11.1. The number of nitrogens with one attached hydrogen (secondary N) is 3. The van der Waals surface area contributed by atoms with Gasteiger partial charge in [0.2, 0.25) is 0 Å². The van der Waals surface area contributed by atoms with E-state index in [2.05, 4.69) is 26.9 Å². The lowest BCUT2D eigenvalue weighted by Crippen LogP contribution is -2.46. The van der Waals surface area contributed by atoms with Gasteiger partial charge in [-0.05, 0) is 18.1 Å². The third-order valence-electron chi connectivity index (χ3n) is 2.85. The highest BCUT2D eigenvalue weighted by Crippen LogP contribution is 2.18. The molecule has 2 amide bonds. The molecular weight excluding hydrogens is 216 g/mol. The molecule has 0 saturated carbocycles. The summed E-state index contributed by atoms with van der Waals surface area (Å²) in [5, 5.41) is 7.80. The number of para-hydroxylation sites is 1. The van der Waals surface area contributed by atoms with Gasteiger partial charge in [0.15, 0.2) is 0 Å². The lowest BCUT2D eigenvalue weighted by atomic mass is 10.1. The van der Waals surface area contributed by atoms with Crippen molar-refractivity contribution in [3.05, 3.63) is 36.0 Å². The first-order valence-electron chi connectivity index (χ1n) is 5.47. The molecule has 1 aliphatic heterocycles. The SMILES string of the molecule is O=C1NN=CC(Cc2c[nH]c3ccccc23)N1. The molecule has 0 aliphatic carbocycles. The Kier molecular flexibility index (Phi) is 2.29. The summed E-state index contributed by atoms with van der Waals surface area (Å²) in [4.78, 5) is 14.3. The van der Waals surface area contributed by atoms with Gasteiger partial charge in [0.25, 0.3) is 0 Å². The number of nitrogens with zero attached hydrogens (tertiary/aromatic N) is 1. The van der Waals surface area contributed by atoms with E-state index in [0.717, 1.165) is 11.9 Å². The Morgan fingerprint density at radius 3 is 3.06 bits per heavy atom. The Labute approximate surface area is 97.9 Å². The number of urea groups is 1. The van der Waals surface area contributed by atoms with Crippen molar-refractivity contribution in [1.82, 2.24) is 15.7 Å². The summed E-state index contributed by atoms with van der Waals surface area (Å²) in [5.41, 5.74) is 4.63. The fourth-order valence-electron chi connectivity index (χ4n) is 2.06. The van der Waals surface area contributed by atoms with Crippen LogP contribution in [0, 0.1) is 0 Å². The quantitative estimate of drug-likeness (QED) is 0.714. The van der Waals surface area contributed by atoms with Crippen LogP contribution in [0.5, 0.6) is 0 Å². The van der Waals surface area contributed by atoms with E-state index in [1.165, 1.54) is 10.9 Å². The first-order valence-corrected chi connectivity index (χ1v) is 5.47. The van der Waals surface area contributed by atoms with Gasteiger partial charge in [0.1, 0.15) is 0 Å². The Morgan fingerprint density at radius 2 is 2.18 bits per heavy atom. The summed E-state index contributed by atoms with van der Waals surface area (Å²) < 4.78 is 0. The molecule has 3 N–H and O–H groups in total. The number of rotatable bonds is 2.